The lowest BCUT2D eigenvalue weighted by Gasteiger charge is -2.17. The summed E-state index contributed by atoms with van der Waals surface area (Å²) in [5, 5.41) is 4.69. The SMILES string of the molecule is COc1cccc2c1CCC2Nc1nc(-c2cccnc2)nc2ccccc12. The molecule has 1 atom stereocenters. The predicted octanol–water partition coefficient (Wildman–Crippen LogP) is 4.80. The highest BCUT2D eigenvalue weighted by Crippen LogP contribution is 2.39. The van der Waals surface area contributed by atoms with Crippen molar-refractivity contribution in [2.24, 2.45) is 0 Å². The van der Waals surface area contributed by atoms with Crippen LogP contribution in [0.4, 0.5) is 5.82 Å². The van der Waals surface area contributed by atoms with Gasteiger partial charge in [0.1, 0.15) is 11.6 Å². The van der Waals surface area contributed by atoms with E-state index in [0.717, 1.165) is 40.9 Å². The van der Waals surface area contributed by atoms with Crippen LogP contribution in [0.5, 0.6) is 5.75 Å². The van der Waals surface area contributed by atoms with E-state index in [9.17, 15) is 0 Å². The number of hydrogen-bond donors (Lipinski definition) is 1. The van der Waals surface area contributed by atoms with E-state index in [2.05, 4.69) is 28.5 Å². The third-order valence-electron chi connectivity index (χ3n) is 5.28. The number of ether oxygens (including phenoxy) is 1. The summed E-state index contributed by atoms with van der Waals surface area (Å²) in [6.45, 7) is 0. The first-order valence-electron chi connectivity index (χ1n) is 9.43. The van der Waals surface area contributed by atoms with Crippen molar-refractivity contribution < 1.29 is 4.74 Å². The van der Waals surface area contributed by atoms with Gasteiger partial charge < -0.3 is 10.1 Å². The number of rotatable bonds is 4. The summed E-state index contributed by atoms with van der Waals surface area (Å²) >= 11 is 0. The van der Waals surface area contributed by atoms with Gasteiger partial charge in [-0.3, -0.25) is 4.98 Å². The quantitative estimate of drug-likeness (QED) is 0.561. The standard InChI is InChI=1S/C23H20N4O/c1-28-21-10-4-8-16-17(21)11-12-20(16)26-23-18-7-2-3-9-19(18)25-22(27-23)15-6-5-13-24-14-15/h2-10,13-14,20H,11-12H2,1H3,(H,25,26,27). The van der Waals surface area contributed by atoms with Crippen molar-refractivity contribution in [2.75, 3.05) is 12.4 Å². The molecular weight excluding hydrogens is 348 g/mol. The van der Waals surface area contributed by atoms with Crippen molar-refractivity contribution in [3.05, 3.63) is 78.1 Å². The van der Waals surface area contributed by atoms with Crippen molar-refractivity contribution in [1.29, 1.82) is 0 Å². The van der Waals surface area contributed by atoms with Gasteiger partial charge in [0.25, 0.3) is 0 Å². The van der Waals surface area contributed by atoms with Crippen molar-refractivity contribution in [1.82, 2.24) is 15.0 Å². The van der Waals surface area contributed by atoms with Gasteiger partial charge in [0, 0.05) is 23.3 Å². The minimum Gasteiger partial charge on any atom is -0.496 e. The second-order valence-corrected chi connectivity index (χ2v) is 6.92. The summed E-state index contributed by atoms with van der Waals surface area (Å²) in [4.78, 5) is 13.8. The molecule has 0 aliphatic heterocycles. The molecule has 2 heterocycles. The molecule has 0 saturated carbocycles. The molecule has 2 aromatic carbocycles. The number of methoxy groups -OCH3 is 1. The first-order chi connectivity index (χ1) is 13.8. The average Bonchev–Trinajstić information content (AvgIpc) is 3.17. The molecule has 0 bridgehead atoms. The zero-order chi connectivity index (χ0) is 18.9. The average molecular weight is 368 g/mol. The van der Waals surface area contributed by atoms with Gasteiger partial charge >= 0.3 is 0 Å². The lowest BCUT2D eigenvalue weighted by molar-refractivity contribution is 0.410. The van der Waals surface area contributed by atoms with Gasteiger partial charge in [0.2, 0.25) is 0 Å². The smallest absolute Gasteiger partial charge is 0.163 e. The Morgan fingerprint density at radius 3 is 2.79 bits per heavy atom. The van der Waals surface area contributed by atoms with Crippen LogP contribution in [0, 0.1) is 0 Å². The van der Waals surface area contributed by atoms with Crippen LogP contribution in [-0.4, -0.2) is 22.1 Å². The topological polar surface area (TPSA) is 59.9 Å². The van der Waals surface area contributed by atoms with Gasteiger partial charge in [0.15, 0.2) is 5.82 Å². The summed E-state index contributed by atoms with van der Waals surface area (Å²) in [5.74, 6) is 2.49. The lowest BCUT2D eigenvalue weighted by atomic mass is 10.1. The maximum atomic E-state index is 5.54. The molecule has 5 nitrogen and oxygen atoms in total. The number of benzene rings is 2. The molecule has 4 aromatic rings. The normalized spacial score (nSPS) is 15.4. The Kier molecular flexibility index (Phi) is 4.13. The lowest BCUT2D eigenvalue weighted by Crippen LogP contribution is -2.10. The summed E-state index contributed by atoms with van der Waals surface area (Å²) in [6, 6.07) is 18.4. The fourth-order valence-corrected chi connectivity index (χ4v) is 3.94. The Bertz CT molecular complexity index is 1140. The van der Waals surface area contributed by atoms with E-state index >= 15 is 0 Å². The molecule has 1 aliphatic carbocycles. The molecule has 28 heavy (non-hydrogen) atoms. The van der Waals surface area contributed by atoms with Gasteiger partial charge in [-0.25, -0.2) is 9.97 Å². The molecule has 1 unspecified atom stereocenters. The minimum absolute atomic E-state index is 0.199. The number of aromatic nitrogens is 3. The van der Waals surface area contributed by atoms with E-state index in [-0.39, 0.29) is 6.04 Å². The Labute approximate surface area is 163 Å². The molecule has 2 aromatic heterocycles. The van der Waals surface area contributed by atoms with Crippen LogP contribution in [0.25, 0.3) is 22.3 Å². The molecule has 5 rings (SSSR count). The fraction of sp³-hybridized carbons (Fsp3) is 0.174. The maximum Gasteiger partial charge on any atom is 0.163 e. The van der Waals surface area contributed by atoms with E-state index in [1.165, 1.54) is 11.1 Å². The molecule has 0 saturated heterocycles. The van der Waals surface area contributed by atoms with Crippen LogP contribution in [0.3, 0.4) is 0 Å². The van der Waals surface area contributed by atoms with E-state index in [1.54, 1.807) is 19.5 Å². The van der Waals surface area contributed by atoms with Crippen molar-refractivity contribution in [3.8, 4) is 17.1 Å². The summed E-state index contributed by atoms with van der Waals surface area (Å²) in [7, 11) is 1.73. The minimum atomic E-state index is 0.199. The summed E-state index contributed by atoms with van der Waals surface area (Å²) in [5.41, 5.74) is 4.39. The van der Waals surface area contributed by atoms with E-state index in [1.807, 2.05) is 36.4 Å². The van der Waals surface area contributed by atoms with Crippen LogP contribution in [0.2, 0.25) is 0 Å². The number of para-hydroxylation sites is 1. The molecule has 0 radical (unpaired) electrons. The molecule has 138 valence electrons. The van der Waals surface area contributed by atoms with Crippen LogP contribution in [0.1, 0.15) is 23.6 Å². The van der Waals surface area contributed by atoms with Gasteiger partial charge in [-0.1, -0.05) is 24.3 Å². The third-order valence-corrected chi connectivity index (χ3v) is 5.28. The highest BCUT2D eigenvalue weighted by Gasteiger charge is 2.26. The third kappa shape index (κ3) is 2.85. The highest BCUT2D eigenvalue weighted by molar-refractivity contribution is 5.90. The Morgan fingerprint density at radius 2 is 1.93 bits per heavy atom. The second-order valence-electron chi connectivity index (χ2n) is 6.92. The highest BCUT2D eigenvalue weighted by atomic mass is 16.5. The first-order valence-corrected chi connectivity index (χ1v) is 9.43. The Hall–Kier alpha value is -3.47. The van der Waals surface area contributed by atoms with E-state index in [0.29, 0.717) is 5.82 Å². The number of nitrogens with zero attached hydrogens (tertiary/aromatic N) is 3. The number of fused-ring (bicyclic) bond motifs is 2. The van der Waals surface area contributed by atoms with Gasteiger partial charge in [0.05, 0.1) is 18.7 Å². The van der Waals surface area contributed by atoms with E-state index in [4.69, 9.17) is 14.7 Å². The largest absolute Gasteiger partial charge is 0.496 e. The molecule has 1 N–H and O–H groups in total. The van der Waals surface area contributed by atoms with Gasteiger partial charge in [-0.05, 0) is 54.3 Å². The second kappa shape index (κ2) is 6.93. The Balaban J connectivity index is 1.59. The number of nitrogens with one attached hydrogen (secondary N) is 1. The van der Waals surface area contributed by atoms with Crippen molar-refractivity contribution >= 4 is 16.7 Å². The first kappa shape index (κ1) is 16.7. The van der Waals surface area contributed by atoms with E-state index < -0.39 is 0 Å². The summed E-state index contributed by atoms with van der Waals surface area (Å²) in [6.07, 6.45) is 5.56. The van der Waals surface area contributed by atoms with Crippen LogP contribution in [0.15, 0.2) is 67.0 Å². The molecule has 5 heteroatoms. The summed E-state index contributed by atoms with van der Waals surface area (Å²) < 4.78 is 5.54. The molecule has 1 aliphatic rings. The molecular formula is C23H20N4O. The van der Waals surface area contributed by atoms with Gasteiger partial charge in [-0.15, -0.1) is 0 Å². The number of pyridine rings is 1. The molecule has 0 fully saturated rings. The fourth-order valence-electron chi connectivity index (χ4n) is 3.94. The maximum absolute atomic E-state index is 5.54. The Morgan fingerprint density at radius 1 is 1.00 bits per heavy atom. The van der Waals surface area contributed by atoms with Crippen molar-refractivity contribution in [3.63, 3.8) is 0 Å². The van der Waals surface area contributed by atoms with Crippen LogP contribution in [-0.2, 0) is 6.42 Å². The van der Waals surface area contributed by atoms with Crippen LogP contribution < -0.4 is 10.1 Å². The monoisotopic (exact) mass is 368 g/mol. The number of hydrogen-bond acceptors (Lipinski definition) is 5. The van der Waals surface area contributed by atoms with Gasteiger partial charge in [-0.2, -0.15) is 0 Å². The van der Waals surface area contributed by atoms with Crippen LogP contribution >= 0.6 is 0 Å². The zero-order valence-corrected chi connectivity index (χ0v) is 15.6. The predicted molar refractivity (Wildman–Crippen MR) is 110 cm³/mol. The zero-order valence-electron chi connectivity index (χ0n) is 15.6. The molecule has 0 spiro atoms. The van der Waals surface area contributed by atoms with Crippen molar-refractivity contribution in [2.45, 2.75) is 18.9 Å². The molecule has 0 amide bonds. The number of anilines is 1.